The van der Waals surface area contributed by atoms with E-state index < -0.39 is 5.97 Å². The predicted molar refractivity (Wildman–Crippen MR) is 61.3 cm³/mol. The fraction of sp³-hybridized carbons (Fsp3) is 0.333. The summed E-state index contributed by atoms with van der Waals surface area (Å²) in [5, 5.41) is 11.0. The van der Waals surface area contributed by atoms with E-state index >= 15 is 0 Å². The van der Waals surface area contributed by atoms with Gasteiger partial charge in [0.25, 0.3) is 0 Å². The number of amides is 1. The molecule has 1 aromatic rings. The molecule has 17 heavy (non-hydrogen) atoms. The Labute approximate surface area is 98.5 Å². The van der Waals surface area contributed by atoms with Gasteiger partial charge in [-0.2, -0.15) is 0 Å². The third-order valence-corrected chi connectivity index (χ3v) is 2.24. The summed E-state index contributed by atoms with van der Waals surface area (Å²) in [6.45, 7) is 1.61. The number of carboxylic acids is 1. The van der Waals surface area contributed by atoms with Crippen LogP contribution in [0.5, 0.6) is 0 Å². The lowest BCUT2D eigenvalue weighted by Gasteiger charge is -2.05. The molecular formula is C12H14FNO3. The highest BCUT2D eigenvalue weighted by atomic mass is 19.1. The zero-order valence-corrected chi connectivity index (χ0v) is 9.50. The standard InChI is InChI=1S/C12H14FNO3/c1-8-7-9(5-6-10(8)13)14-11(15)3-2-4-12(16)17/h5-7H,2-4H2,1H3,(H,14,15)(H,16,17). The molecule has 0 atom stereocenters. The largest absolute Gasteiger partial charge is 0.481 e. The van der Waals surface area contributed by atoms with Crippen LogP contribution in [0.3, 0.4) is 0 Å². The Morgan fingerprint density at radius 1 is 1.35 bits per heavy atom. The zero-order chi connectivity index (χ0) is 12.8. The third kappa shape index (κ3) is 4.63. The monoisotopic (exact) mass is 239 g/mol. The molecule has 1 amide bonds. The summed E-state index contributed by atoms with van der Waals surface area (Å²) >= 11 is 0. The Balaban J connectivity index is 2.45. The average Bonchev–Trinajstić information content (AvgIpc) is 2.23. The molecule has 0 saturated carbocycles. The molecule has 0 aliphatic heterocycles. The van der Waals surface area contributed by atoms with Crippen molar-refractivity contribution in [1.29, 1.82) is 0 Å². The number of anilines is 1. The van der Waals surface area contributed by atoms with Gasteiger partial charge in [0.15, 0.2) is 0 Å². The summed E-state index contributed by atoms with van der Waals surface area (Å²) in [4.78, 5) is 21.6. The molecule has 0 aromatic heterocycles. The van der Waals surface area contributed by atoms with E-state index in [0.717, 1.165) is 0 Å². The number of aryl methyl sites for hydroxylation is 1. The maximum Gasteiger partial charge on any atom is 0.303 e. The minimum atomic E-state index is -0.921. The fourth-order valence-corrected chi connectivity index (χ4v) is 1.35. The molecule has 0 fully saturated rings. The van der Waals surface area contributed by atoms with E-state index in [1.807, 2.05) is 0 Å². The molecule has 0 aliphatic rings. The Morgan fingerprint density at radius 3 is 2.65 bits per heavy atom. The minimum Gasteiger partial charge on any atom is -0.481 e. The third-order valence-electron chi connectivity index (χ3n) is 2.24. The first kappa shape index (κ1) is 13.2. The lowest BCUT2D eigenvalue weighted by molar-refractivity contribution is -0.137. The number of aliphatic carboxylic acids is 1. The molecule has 0 heterocycles. The second-order valence-corrected chi connectivity index (χ2v) is 3.76. The molecule has 1 rings (SSSR count). The van der Waals surface area contributed by atoms with Crippen molar-refractivity contribution in [2.24, 2.45) is 0 Å². The number of nitrogens with one attached hydrogen (secondary N) is 1. The lowest BCUT2D eigenvalue weighted by atomic mass is 10.2. The van der Waals surface area contributed by atoms with Gasteiger partial charge in [-0.15, -0.1) is 0 Å². The second kappa shape index (κ2) is 5.98. The number of halogens is 1. The van der Waals surface area contributed by atoms with E-state index in [9.17, 15) is 14.0 Å². The summed E-state index contributed by atoms with van der Waals surface area (Å²) in [6.07, 6.45) is 0.403. The number of carbonyl (C=O) groups excluding carboxylic acids is 1. The van der Waals surface area contributed by atoms with E-state index in [2.05, 4.69) is 5.32 Å². The number of hydrogen-bond acceptors (Lipinski definition) is 2. The first-order chi connectivity index (χ1) is 7.99. The molecule has 1 aromatic carbocycles. The number of carboxylic acid groups (broad SMARTS) is 1. The first-order valence-corrected chi connectivity index (χ1v) is 5.27. The topological polar surface area (TPSA) is 66.4 Å². The van der Waals surface area contributed by atoms with Gasteiger partial charge in [-0.3, -0.25) is 9.59 Å². The molecule has 0 aliphatic carbocycles. The van der Waals surface area contributed by atoms with Gasteiger partial charge in [-0.05, 0) is 37.1 Å². The summed E-state index contributed by atoms with van der Waals surface area (Å²) in [6, 6.07) is 4.28. The van der Waals surface area contributed by atoms with Crippen LogP contribution in [-0.4, -0.2) is 17.0 Å². The normalized spacial score (nSPS) is 10.0. The molecule has 4 nitrogen and oxygen atoms in total. The number of hydrogen-bond donors (Lipinski definition) is 2. The van der Waals surface area contributed by atoms with Crippen molar-refractivity contribution in [2.45, 2.75) is 26.2 Å². The van der Waals surface area contributed by atoms with Crippen molar-refractivity contribution in [3.05, 3.63) is 29.6 Å². The number of benzene rings is 1. The molecule has 0 unspecified atom stereocenters. The minimum absolute atomic E-state index is 0.0319. The highest BCUT2D eigenvalue weighted by Crippen LogP contribution is 2.14. The smallest absolute Gasteiger partial charge is 0.303 e. The van der Waals surface area contributed by atoms with E-state index in [0.29, 0.717) is 17.7 Å². The Hall–Kier alpha value is -1.91. The first-order valence-electron chi connectivity index (χ1n) is 5.27. The van der Waals surface area contributed by atoms with Crippen LogP contribution in [-0.2, 0) is 9.59 Å². The predicted octanol–water partition coefficient (Wildman–Crippen LogP) is 2.33. The molecule has 0 bridgehead atoms. The van der Waals surface area contributed by atoms with Crippen LogP contribution in [0.15, 0.2) is 18.2 Å². The highest BCUT2D eigenvalue weighted by Gasteiger charge is 2.05. The summed E-state index contributed by atoms with van der Waals surface area (Å²) in [5.41, 5.74) is 0.970. The summed E-state index contributed by atoms with van der Waals surface area (Å²) < 4.78 is 12.9. The Morgan fingerprint density at radius 2 is 2.06 bits per heavy atom. The average molecular weight is 239 g/mol. The van der Waals surface area contributed by atoms with Gasteiger partial charge < -0.3 is 10.4 Å². The molecule has 5 heteroatoms. The van der Waals surface area contributed by atoms with Crippen LogP contribution in [0.4, 0.5) is 10.1 Å². The van der Waals surface area contributed by atoms with Crippen molar-refractivity contribution in [2.75, 3.05) is 5.32 Å². The van der Waals surface area contributed by atoms with Gasteiger partial charge >= 0.3 is 5.97 Å². The van der Waals surface area contributed by atoms with Gasteiger partial charge in [0.1, 0.15) is 5.82 Å². The fourth-order valence-electron chi connectivity index (χ4n) is 1.35. The molecule has 0 spiro atoms. The van der Waals surface area contributed by atoms with Crippen LogP contribution < -0.4 is 5.32 Å². The van der Waals surface area contributed by atoms with Crippen LogP contribution >= 0.6 is 0 Å². The Kier molecular flexibility index (Phi) is 4.63. The number of carbonyl (C=O) groups is 2. The quantitative estimate of drug-likeness (QED) is 0.828. The van der Waals surface area contributed by atoms with E-state index in [1.165, 1.54) is 18.2 Å². The lowest BCUT2D eigenvalue weighted by Crippen LogP contribution is -2.12. The maximum absolute atomic E-state index is 12.9. The van der Waals surface area contributed by atoms with Crippen LogP contribution in [0.25, 0.3) is 0 Å². The molecule has 92 valence electrons. The van der Waals surface area contributed by atoms with E-state index in [-0.39, 0.29) is 24.6 Å². The zero-order valence-electron chi connectivity index (χ0n) is 9.50. The van der Waals surface area contributed by atoms with Gasteiger partial charge in [-0.25, -0.2) is 4.39 Å². The molecule has 0 saturated heterocycles. The molecule has 0 radical (unpaired) electrons. The van der Waals surface area contributed by atoms with Crippen molar-refractivity contribution < 1.29 is 19.1 Å². The maximum atomic E-state index is 12.9. The van der Waals surface area contributed by atoms with Crippen molar-refractivity contribution >= 4 is 17.6 Å². The molecule has 2 N–H and O–H groups in total. The summed E-state index contributed by atoms with van der Waals surface area (Å²) in [7, 11) is 0. The van der Waals surface area contributed by atoms with E-state index in [1.54, 1.807) is 6.92 Å². The Bertz CT molecular complexity index is 432. The van der Waals surface area contributed by atoms with Crippen LogP contribution in [0.1, 0.15) is 24.8 Å². The van der Waals surface area contributed by atoms with Crippen LogP contribution in [0, 0.1) is 12.7 Å². The van der Waals surface area contributed by atoms with Gasteiger partial charge in [0.05, 0.1) is 0 Å². The molecular weight excluding hydrogens is 225 g/mol. The highest BCUT2D eigenvalue weighted by molar-refractivity contribution is 5.90. The second-order valence-electron chi connectivity index (χ2n) is 3.76. The number of rotatable bonds is 5. The van der Waals surface area contributed by atoms with Crippen LogP contribution in [0.2, 0.25) is 0 Å². The van der Waals surface area contributed by atoms with Crippen molar-refractivity contribution in [3.8, 4) is 0 Å². The van der Waals surface area contributed by atoms with Crippen molar-refractivity contribution in [1.82, 2.24) is 0 Å². The SMILES string of the molecule is Cc1cc(NC(=O)CCCC(=O)O)ccc1F. The van der Waals surface area contributed by atoms with Gasteiger partial charge in [0.2, 0.25) is 5.91 Å². The van der Waals surface area contributed by atoms with E-state index in [4.69, 9.17) is 5.11 Å². The summed E-state index contributed by atoms with van der Waals surface area (Å²) in [5.74, 6) is -1.51. The van der Waals surface area contributed by atoms with Gasteiger partial charge in [-0.1, -0.05) is 0 Å². The van der Waals surface area contributed by atoms with Gasteiger partial charge in [0, 0.05) is 18.5 Å². The van der Waals surface area contributed by atoms with Crippen molar-refractivity contribution in [3.63, 3.8) is 0 Å².